The molecule has 0 aromatic rings. The van der Waals surface area contributed by atoms with E-state index in [-0.39, 0.29) is 23.8 Å². The van der Waals surface area contributed by atoms with Gasteiger partial charge in [-0.2, -0.15) is 0 Å². The maximum absolute atomic E-state index is 12.1. The molecule has 1 fully saturated rings. The zero-order valence-electron chi connectivity index (χ0n) is 12.3. The second kappa shape index (κ2) is 7.48. The number of piperidine rings is 1. The fourth-order valence-electron chi connectivity index (χ4n) is 2.55. The Morgan fingerprint density at radius 2 is 2.11 bits per heavy atom. The molecule has 1 saturated heterocycles. The first-order valence-electron chi connectivity index (χ1n) is 7.30. The van der Waals surface area contributed by atoms with Crippen LogP contribution in [0.3, 0.4) is 0 Å². The number of carbonyl (C=O) groups excluding carboxylic acids is 2. The van der Waals surface area contributed by atoms with Gasteiger partial charge in [0.25, 0.3) is 0 Å². The van der Waals surface area contributed by atoms with E-state index in [9.17, 15) is 9.59 Å². The zero-order chi connectivity index (χ0) is 14.4. The average molecular weight is 269 g/mol. The molecule has 1 rings (SSSR count). The number of amides is 2. The SMILES string of the molecule is CCCC(C)NC(=O)C1CCCN(C(=O)[C@H](C)N)C1. The minimum atomic E-state index is -0.485. The Labute approximate surface area is 115 Å². The fourth-order valence-corrected chi connectivity index (χ4v) is 2.55. The minimum Gasteiger partial charge on any atom is -0.353 e. The Balaban J connectivity index is 2.50. The molecule has 0 aromatic heterocycles. The van der Waals surface area contributed by atoms with Crippen LogP contribution < -0.4 is 11.1 Å². The first kappa shape index (κ1) is 16.0. The number of nitrogens with zero attached hydrogens (tertiary/aromatic N) is 1. The van der Waals surface area contributed by atoms with Gasteiger partial charge in [0.2, 0.25) is 11.8 Å². The number of nitrogens with one attached hydrogen (secondary N) is 1. The maximum Gasteiger partial charge on any atom is 0.239 e. The summed E-state index contributed by atoms with van der Waals surface area (Å²) in [6.45, 7) is 7.04. The summed E-state index contributed by atoms with van der Waals surface area (Å²) in [7, 11) is 0. The van der Waals surface area contributed by atoms with E-state index in [0.29, 0.717) is 13.1 Å². The number of likely N-dealkylation sites (tertiary alicyclic amines) is 1. The second-order valence-electron chi connectivity index (χ2n) is 5.61. The molecule has 1 heterocycles. The predicted octanol–water partition coefficient (Wildman–Crippen LogP) is 0.877. The van der Waals surface area contributed by atoms with Gasteiger partial charge in [-0.05, 0) is 33.1 Å². The van der Waals surface area contributed by atoms with Crippen molar-refractivity contribution in [3.8, 4) is 0 Å². The van der Waals surface area contributed by atoms with Gasteiger partial charge in [0.15, 0.2) is 0 Å². The summed E-state index contributed by atoms with van der Waals surface area (Å²) in [5.41, 5.74) is 5.62. The first-order valence-corrected chi connectivity index (χ1v) is 7.30. The lowest BCUT2D eigenvalue weighted by molar-refractivity contribution is -0.136. The van der Waals surface area contributed by atoms with E-state index in [4.69, 9.17) is 5.73 Å². The zero-order valence-corrected chi connectivity index (χ0v) is 12.3. The first-order chi connectivity index (χ1) is 8.95. The smallest absolute Gasteiger partial charge is 0.239 e. The molecule has 0 radical (unpaired) electrons. The van der Waals surface area contributed by atoms with Gasteiger partial charge in [0, 0.05) is 19.1 Å². The van der Waals surface area contributed by atoms with Gasteiger partial charge in [-0.3, -0.25) is 9.59 Å². The van der Waals surface area contributed by atoms with Crippen LogP contribution in [0, 0.1) is 5.92 Å². The Morgan fingerprint density at radius 3 is 2.68 bits per heavy atom. The highest BCUT2D eigenvalue weighted by Crippen LogP contribution is 2.17. The number of hydrogen-bond acceptors (Lipinski definition) is 3. The summed E-state index contributed by atoms with van der Waals surface area (Å²) >= 11 is 0. The lowest BCUT2D eigenvalue weighted by atomic mass is 9.96. The Bertz CT molecular complexity index is 318. The van der Waals surface area contributed by atoms with Gasteiger partial charge < -0.3 is 16.0 Å². The van der Waals surface area contributed by atoms with Crippen molar-refractivity contribution in [3.05, 3.63) is 0 Å². The number of nitrogens with two attached hydrogens (primary N) is 1. The molecule has 2 amide bonds. The van der Waals surface area contributed by atoms with Crippen LogP contribution in [-0.4, -0.2) is 41.9 Å². The number of rotatable bonds is 5. The van der Waals surface area contributed by atoms with Crippen LogP contribution in [-0.2, 0) is 9.59 Å². The summed E-state index contributed by atoms with van der Waals surface area (Å²) in [6.07, 6.45) is 3.77. The highest BCUT2D eigenvalue weighted by Gasteiger charge is 2.29. The number of carbonyl (C=O) groups is 2. The molecule has 3 N–H and O–H groups in total. The molecule has 2 unspecified atom stereocenters. The summed E-state index contributed by atoms with van der Waals surface area (Å²) in [5.74, 6) is -0.0713. The van der Waals surface area contributed by atoms with Crippen molar-refractivity contribution in [2.75, 3.05) is 13.1 Å². The monoisotopic (exact) mass is 269 g/mol. The van der Waals surface area contributed by atoms with Crippen molar-refractivity contribution in [3.63, 3.8) is 0 Å². The fraction of sp³-hybridized carbons (Fsp3) is 0.857. The van der Waals surface area contributed by atoms with Gasteiger partial charge in [-0.1, -0.05) is 13.3 Å². The molecule has 1 aliphatic heterocycles. The van der Waals surface area contributed by atoms with Gasteiger partial charge in [0.05, 0.1) is 12.0 Å². The normalized spacial score (nSPS) is 22.7. The average Bonchev–Trinajstić information content (AvgIpc) is 2.38. The summed E-state index contributed by atoms with van der Waals surface area (Å²) in [4.78, 5) is 25.7. The predicted molar refractivity (Wildman–Crippen MR) is 75.5 cm³/mol. The molecule has 5 nitrogen and oxygen atoms in total. The van der Waals surface area contributed by atoms with Gasteiger partial charge in [0.1, 0.15) is 0 Å². The van der Waals surface area contributed by atoms with E-state index in [2.05, 4.69) is 12.2 Å². The van der Waals surface area contributed by atoms with Crippen LogP contribution in [0.25, 0.3) is 0 Å². The Morgan fingerprint density at radius 1 is 1.42 bits per heavy atom. The van der Waals surface area contributed by atoms with E-state index in [1.807, 2.05) is 6.92 Å². The minimum absolute atomic E-state index is 0.0564. The van der Waals surface area contributed by atoms with Gasteiger partial charge >= 0.3 is 0 Å². The van der Waals surface area contributed by atoms with E-state index in [1.165, 1.54) is 0 Å². The van der Waals surface area contributed by atoms with Crippen molar-refractivity contribution in [2.45, 2.75) is 58.5 Å². The van der Waals surface area contributed by atoms with E-state index in [0.717, 1.165) is 25.7 Å². The van der Waals surface area contributed by atoms with E-state index in [1.54, 1.807) is 11.8 Å². The molecule has 19 heavy (non-hydrogen) atoms. The molecular formula is C14H27N3O2. The van der Waals surface area contributed by atoms with Crippen molar-refractivity contribution >= 4 is 11.8 Å². The Kier molecular flexibility index (Phi) is 6.28. The molecule has 110 valence electrons. The van der Waals surface area contributed by atoms with Gasteiger partial charge in [-0.15, -0.1) is 0 Å². The van der Waals surface area contributed by atoms with Gasteiger partial charge in [-0.25, -0.2) is 0 Å². The topological polar surface area (TPSA) is 75.4 Å². The third-order valence-corrected chi connectivity index (χ3v) is 3.60. The third kappa shape index (κ3) is 4.82. The highest BCUT2D eigenvalue weighted by molar-refractivity contribution is 5.83. The molecule has 3 atom stereocenters. The molecule has 0 spiro atoms. The van der Waals surface area contributed by atoms with Crippen molar-refractivity contribution in [1.29, 1.82) is 0 Å². The lowest BCUT2D eigenvalue weighted by Gasteiger charge is -2.33. The largest absolute Gasteiger partial charge is 0.353 e. The van der Waals surface area contributed by atoms with Crippen molar-refractivity contribution < 1.29 is 9.59 Å². The molecule has 0 saturated carbocycles. The standard InChI is InChI=1S/C14H27N3O2/c1-4-6-10(2)16-13(18)12-7-5-8-17(9-12)14(19)11(3)15/h10-12H,4-9,15H2,1-3H3,(H,16,18)/t10?,11-,12?/m0/s1. The quantitative estimate of drug-likeness (QED) is 0.778. The van der Waals surface area contributed by atoms with Crippen molar-refractivity contribution in [1.82, 2.24) is 10.2 Å². The molecule has 0 bridgehead atoms. The van der Waals surface area contributed by atoms with Crippen LogP contribution in [0.5, 0.6) is 0 Å². The molecular weight excluding hydrogens is 242 g/mol. The summed E-state index contributed by atoms with van der Waals surface area (Å²) < 4.78 is 0. The summed E-state index contributed by atoms with van der Waals surface area (Å²) in [5, 5.41) is 3.03. The van der Waals surface area contributed by atoms with Crippen LogP contribution in [0.15, 0.2) is 0 Å². The Hall–Kier alpha value is -1.10. The van der Waals surface area contributed by atoms with Crippen LogP contribution in [0.2, 0.25) is 0 Å². The summed E-state index contributed by atoms with van der Waals surface area (Å²) in [6, 6.07) is -0.280. The lowest BCUT2D eigenvalue weighted by Crippen LogP contribution is -2.50. The molecule has 0 aliphatic carbocycles. The van der Waals surface area contributed by atoms with Crippen LogP contribution in [0.1, 0.15) is 46.5 Å². The highest BCUT2D eigenvalue weighted by atomic mass is 16.2. The van der Waals surface area contributed by atoms with Crippen molar-refractivity contribution in [2.24, 2.45) is 11.7 Å². The van der Waals surface area contributed by atoms with E-state index >= 15 is 0 Å². The molecule has 1 aliphatic rings. The number of hydrogen-bond donors (Lipinski definition) is 2. The third-order valence-electron chi connectivity index (χ3n) is 3.60. The maximum atomic E-state index is 12.1. The van der Waals surface area contributed by atoms with E-state index < -0.39 is 6.04 Å². The van der Waals surface area contributed by atoms with Crippen LogP contribution in [0.4, 0.5) is 0 Å². The van der Waals surface area contributed by atoms with Crippen LogP contribution >= 0.6 is 0 Å². The second-order valence-corrected chi connectivity index (χ2v) is 5.61. The molecule has 5 heteroatoms. The molecule has 0 aromatic carbocycles.